The van der Waals surface area contributed by atoms with E-state index in [4.69, 9.17) is 16.3 Å². The van der Waals surface area contributed by atoms with Gasteiger partial charge in [0.1, 0.15) is 5.75 Å². The average molecular weight is 317 g/mol. The van der Waals surface area contributed by atoms with Crippen molar-refractivity contribution in [3.63, 3.8) is 0 Å². The van der Waals surface area contributed by atoms with Crippen molar-refractivity contribution < 1.29 is 9.53 Å². The van der Waals surface area contributed by atoms with Crippen LogP contribution in [0.1, 0.15) is 29.8 Å². The van der Waals surface area contributed by atoms with Crippen LogP contribution in [-0.2, 0) is 6.42 Å². The van der Waals surface area contributed by atoms with Crippen LogP contribution in [0.25, 0.3) is 0 Å². The molecule has 1 aliphatic rings. The molecule has 5 heteroatoms. The fraction of sp³-hybridized carbons (Fsp3) is 0.294. The molecule has 0 radical (unpaired) electrons. The predicted octanol–water partition coefficient (Wildman–Crippen LogP) is 3.73. The Labute approximate surface area is 134 Å². The van der Waals surface area contributed by atoms with Crippen molar-refractivity contribution in [3.05, 3.63) is 52.8 Å². The predicted molar refractivity (Wildman–Crippen MR) is 86.8 cm³/mol. The number of carbonyl (C=O) groups is 1. The third kappa shape index (κ3) is 2.92. The van der Waals surface area contributed by atoms with Crippen molar-refractivity contribution in [2.75, 3.05) is 11.4 Å². The summed E-state index contributed by atoms with van der Waals surface area (Å²) in [5, 5.41) is 0.661. The number of benzene rings is 1. The van der Waals surface area contributed by atoms with E-state index in [2.05, 4.69) is 4.98 Å². The number of anilines is 1. The summed E-state index contributed by atoms with van der Waals surface area (Å²) in [4.78, 5) is 18.6. The van der Waals surface area contributed by atoms with Gasteiger partial charge in [-0.1, -0.05) is 11.6 Å². The summed E-state index contributed by atoms with van der Waals surface area (Å²) >= 11 is 6.00. The monoisotopic (exact) mass is 316 g/mol. The summed E-state index contributed by atoms with van der Waals surface area (Å²) in [6, 6.07) is 7.25. The Morgan fingerprint density at radius 3 is 2.86 bits per heavy atom. The number of rotatable bonds is 3. The number of hydrogen-bond donors (Lipinski definition) is 0. The second-order valence-electron chi connectivity index (χ2n) is 5.55. The summed E-state index contributed by atoms with van der Waals surface area (Å²) in [5.74, 6) is 0.642. The summed E-state index contributed by atoms with van der Waals surface area (Å²) in [6.45, 7) is 4.52. The van der Waals surface area contributed by atoms with Crippen LogP contribution in [0.3, 0.4) is 0 Å². The first-order chi connectivity index (χ1) is 10.5. The average Bonchev–Trinajstić information content (AvgIpc) is 2.47. The fourth-order valence-corrected chi connectivity index (χ4v) is 2.79. The van der Waals surface area contributed by atoms with Crippen molar-refractivity contribution in [1.29, 1.82) is 0 Å². The van der Waals surface area contributed by atoms with Gasteiger partial charge in [-0.15, -0.1) is 0 Å². The van der Waals surface area contributed by atoms with Gasteiger partial charge in [-0.25, -0.2) is 0 Å². The molecule has 0 fully saturated rings. The van der Waals surface area contributed by atoms with Crippen LogP contribution < -0.4 is 9.64 Å². The maximum atomic E-state index is 12.7. The van der Waals surface area contributed by atoms with Gasteiger partial charge in [-0.3, -0.25) is 9.78 Å². The minimum Gasteiger partial charge on any atom is -0.489 e. The molecule has 1 aliphatic heterocycles. The van der Waals surface area contributed by atoms with Crippen LogP contribution in [0.5, 0.6) is 5.75 Å². The summed E-state index contributed by atoms with van der Waals surface area (Å²) in [6.07, 6.45) is 4.19. The van der Waals surface area contributed by atoms with Gasteiger partial charge in [0.25, 0.3) is 5.91 Å². The Kier molecular flexibility index (Phi) is 4.03. The number of amides is 1. The van der Waals surface area contributed by atoms with Crippen LogP contribution in [0.2, 0.25) is 5.02 Å². The number of nitrogens with zero attached hydrogens (tertiary/aromatic N) is 2. The molecule has 1 aromatic heterocycles. The molecular formula is C17H17ClN2O2. The van der Waals surface area contributed by atoms with Gasteiger partial charge in [0.2, 0.25) is 0 Å². The van der Waals surface area contributed by atoms with Crippen molar-refractivity contribution in [3.8, 4) is 5.75 Å². The zero-order valence-electron chi connectivity index (χ0n) is 12.5. The van der Waals surface area contributed by atoms with Gasteiger partial charge >= 0.3 is 0 Å². The highest BCUT2D eigenvalue weighted by molar-refractivity contribution is 6.30. The first-order valence-electron chi connectivity index (χ1n) is 7.26. The second-order valence-corrected chi connectivity index (χ2v) is 5.99. The zero-order chi connectivity index (χ0) is 15.7. The molecule has 22 heavy (non-hydrogen) atoms. The number of carbonyl (C=O) groups excluding carboxylic acids is 1. The lowest BCUT2D eigenvalue weighted by Gasteiger charge is -2.28. The first kappa shape index (κ1) is 14.9. The highest BCUT2D eigenvalue weighted by Crippen LogP contribution is 2.28. The minimum atomic E-state index is -0.0265. The van der Waals surface area contributed by atoms with E-state index in [9.17, 15) is 4.79 Å². The molecule has 0 saturated heterocycles. The molecule has 0 aliphatic carbocycles. The number of hydrogen-bond acceptors (Lipinski definition) is 3. The molecule has 0 N–H and O–H groups in total. The quantitative estimate of drug-likeness (QED) is 0.866. The van der Waals surface area contributed by atoms with E-state index < -0.39 is 0 Å². The van der Waals surface area contributed by atoms with Crippen molar-refractivity contribution >= 4 is 23.2 Å². The maximum Gasteiger partial charge on any atom is 0.258 e. The summed E-state index contributed by atoms with van der Waals surface area (Å²) in [7, 11) is 0. The molecule has 0 bridgehead atoms. The van der Waals surface area contributed by atoms with Crippen molar-refractivity contribution in [2.45, 2.75) is 26.4 Å². The Bertz CT molecular complexity index is 716. The molecule has 2 aromatic rings. The van der Waals surface area contributed by atoms with Gasteiger partial charge in [-0.05, 0) is 44.0 Å². The number of ether oxygens (including phenoxy) is 1. The zero-order valence-corrected chi connectivity index (χ0v) is 13.3. The van der Waals surface area contributed by atoms with Crippen LogP contribution >= 0.6 is 11.6 Å². The Balaban J connectivity index is 1.90. The standard InChI is InChI=1S/C17H17ClN2O2/c1-11(2)22-15-8-14(9-19-10-15)20-6-5-12-7-13(18)3-4-16(12)17(20)21/h3-4,7-11H,5-6H2,1-2H3. The Morgan fingerprint density at radius 1 is 1.27 bits per heavy atom. The molecule has 0 atom stereocenters. The Hall–Kier alpha value is -2.07. The number of fused-ring (bicyclic) bond motifs is 1. The molecule has 0 saturated carbocycles. The number of aromatic nitrogens is 1. The molecule has 4 nitrogen and oxygen atoms in total. The topological polar surface area (TPSA) is 42.4 Å². The summed E-state index contributed by atoms with van der Waals surface area (Å²) in [5.41, 5.74) is 2.45. The van der Waals surface area contributed by atoms with E-state index in [1.165, 1.54) is 0 Å². The lowest BCUT2D eigenvalue weighted by molar-refractivity contribution is 0.0980. The van der Waals surface area contributed by atoms with Crippen LogP contribution in [-0.4, -0.2) is 23.5 Å². The highest BCUT2D eigenvalue weighted by atomic mass is 35.5. The van der Waals surface area contributed by atoms with E-state index in [0.29, 0.717) is 22.9 Å². The highest BCUT2D eigenvalue weighted by Gasteiger charge is 2.26. The number of halogens is 1. The largest absolute Gasteiger partial charge is 0.489 e. The van der Waals surface area contributed by atoms with E-state index in [-0.39, 0.29) is 12.0 Å². The van der Waals surface area contributed by atoms with Crippen molar-refractivity contribution in [1.82, 2.24) is 4.98 Å². The van der Waals surface area contributed by atoms with E-state index in [0.717, 1.165) is 17.7 Å². The smallest absolute Gasteiger partial charge is 0.258 e. The molecule has 114 valence electrons. The lowest BCUT2D eigenvalue weighted by atomic mass is 9.99. The third-order valence-corrected chi connectivity index (χ3v) is 3.76. The van der Waals surface area contributed by atoms with Gasteiger partial charge in [0, 0.05) is 23.2 Å². The van der Waals surface area contributed by atoms with Crippen molar-refractivity contribution in [2.24, 2.45) is 0 Å². The van der Waals surface area contributed by atoms with Crippen LogP contribution in [0, 0.1) is 0 Å². The van der Waals surface area contributed by atoms with Crippen LogP contribution in [0.15, 0.2) is 36.7 Å². The molecule has 0 unspecified atom stereocenters. The van der Waals surface area contributed by atoms with E-state index in [1.54, 1.807) is 29.4 Å². The van der Waals surface area contributed by atoms with E-state index >= 15 is 0 Å². The fourth-order valence-electron chi connectivity index (χ4n) is 2.59. The number of pyridine rings is 1. The minimum absolute atomic E-state index is 0.0265. The van der Waals surface area contributed by atoms with Gasteiger partial charge in [0.05, 0.1) is 24.2 Å². The summed E-state index contributed by atoms with van der Waals surface area (Å²) < 4.78 is 5.65. The lowest BCUT2D eigenvalue weighted by Crippen LogP contribution is -2.37. The molecular weight excluding hydrogens is 300 g/mol. The van der Waals surface area contributed by atoms with Gasteiger partial charge < -0.3 is 9.64 Å². The Morgan fingerprint density at radius 2 is 2.09 bits per heavy atom. The third-order valence-electron chi connectivity index (χ3n) is 3.53. The SMILES string of the molecule is CC(C)Oc1cncc(N2CCc3cc(Cl)ccc3C2=O)c1. The normalized spacial score (nSPS) is 14.2. The van der Waals surface area contributed by atoms with Gasteiger partial charge in [-0.2, -0.15) is 0 Å². The molecule has 3 rings (SSSR count). The van der Waals surface area contributed by atoms with E-state index in [1.807, 2.05) is 26.0 Å². The molecule has 2 heterocycles. The maximum absolute atomic E-state index is 12.7. The molecule has 0 spiro atoms. The van der Waals surface area contributed by atoms with Crippen LogP contribution in [0.4, 0.5) is 5.69 Å². The molecule has 1 amide bonds. The molecule has 1 aromatic carbocycles. The first-order valence-corrected chi connectivity index (χ1v) is 7.64. The van der Waals surface area contributed by atoms with Gasteiger partial charge in [0.15, 0.2) is 0 Å². The second kappa shape index (κ2) is 5.97.